The summed E-state index contributed by atoms with van der Waals surface area (Å²) in [4.78, 5) is 12.6. The summed E-state index contributed by atoms with van der Waals surface area (Å²) in [6, 6.07) is 15.4. The zero-order valence-corrected chi connectivity index (χ0v) is 13.1. The molecule has 0 fully saturated rings. The van der Waals surface area contributed by atoms with Crippen LogP contribution in [0.2, 0.25) is 5.02 Å². The molecular weight excluding hydrogens is 314 g/mol. The number of methoxy groups -OCH3 is 1. The smallest absolute Gasteiger partial charge is 0.256 e. The van der Waals surface area contributed by atoms with Gasteiger partial charge in [-0.1, -0.05) is 35.9 Å². The first kappa shape index (κ1) is 15.2. The first-order valence-corrected chi connectivity index (χ1v) is 7.33. The normalized spacial score (nSPS) is 10.5. The highest BCUT2D eigenvalue weighted by atomic mass is 35.5. The first-order chi connectivity index (χ1) is 11.1. The van der Waals surface area contributed by atoms with E-state index in [2.05, 4.69) is 5.32 Å². The summed E-state index contributed by atoms with van der Waals surface area (Å²) in [6.07, 6.45) is 0. The molecule has 0 saturated heterocycles. The molecule has 3 rings (SSSR count). The molecule has 3 aromatic rings. The number of amides is 1. The van der Waals surface area contributed by atoms with E-state index in [4.69, 9.17) is 16.3 Å². The van der Waals surface area contributed by atoms with Gasteiger partial charge in [0.25, 0.3) is 5.91 Å². The van der Waals surface area contributed by atoms with E-state index >= 15 is 0 Å². The number of anilines is 1. The molecule has 0 atom stereocenters. The van der Waals surface area contributed by atoms with Gasteiger partial charge in [0.15, 0.2) is 0 Å². The van der Waals surface area contributed by atoms with Gasteiger partial charge in [0.05, 0.1) is 18.4 Å². The Hall–Kier alpha value is -2.72. The Bertz CT molecular complexity index is 893. The largest absolute Gasteiger partial charge is 0.508 e. The van der Waals surface area contributed by atoms with Gasteiger partial charge in [-0.05, 0) is 41.1 Å². The van der Waals surface area contributed by atoms with Crippen molar-refractivity contribution in [2.24, 2.45) is 0 Å². The Kier molecular flexibility index (Phi) is 4.08. The molecule has 0 radical (unpaired) electrons. The van der Waals surface area contributed by atoms with Gasteiger partial charge in [-0.3, -0.25) is 4.79 Å². The molecule has 0 unspecified atom stereocenters. The summed E-state index contributed by atoms with van der Waals surface area (Å²) in [7, 11) is 1.52. The number of carbonyl (C=O) groups is 1. The average Bonchev–Trinajstić information content (AvgIpc) is 2.54. The monoisotopic (exact) mass is 327 g/mol. The molecule has 0 aliphatic rings. The second kappa shape index (κ2) is 6.18. The molecule has 0 aliphatic heterocycles. The number of benzene rings is 3. The van der Waals surface area contributed by atoms with Crippen molar-refractivity contribution in [2.45, 2.75) is 0 Å². The van der Waals surface area contributed by atoms with E-state index < -0.39 is 0 Å². The number of phenolic OH excluding ortho intramolecular Hbond substituents is 1. The minimum Gasteiger partial charge on any atom is -0.508 e. The van der Waals surface area contributed by atoms with Gasteiger partial charge in [0.1, 0.15) is 11.5 Å². The maximum absolute atomic E-state index is 12.6. The van der Waals surface area contributed by atoms with Crippen molar-refractivity contribution in [3.8, 4) is 11.5 Å². The number of ether oxygens (including phenoxy) is 1. The summed E-state index contributed by atoms with van der Waals surface area (Å²) in [5.41, 5.74) is 0.847. The molecule has 116 valence electrons. The van der Waals surface area contributed by atoms with E-state index in [0.717, 1.165) is 10.8 Å². The zero-order chi connectivity index (χ0) is 16.4. The maximum Gasteiger partial charge on any atom is 0.256 e. The molecule has 0 heterocycles. The fourth-order valence-electron chi connectivity index (χ4n) is 2.45. The molecule has 4 nitrogen and oxygen atoms in total. The molecule has 2 N–H and O–H groups in total. The second-order valence-electron chi connectivity index (χ2n) is 5.01. The third kappa shape index (κ3) is 3.07. The van der Waals surface area contributed by atoms with Gasteiger partial charge < -0.3 is 15.2 Å². The van der Waals surface area contributed by atoms with Crippen molar-refractivity contribution < 1.29 is 14.6 Å². The van der Waals surface area contributed by atoms with Crippen LogP contribution in [-0.2, 0) is 0 Å². The molecular formula is C18H14ClNO3. The topological polar surface area (TPSA) is 58.6 Å². The Morgan fingerprint density at radius 2 is 1.91 bits per heavy atom. The third-order valence-electron chi connectivity index (χ3n) is 3.50. The summed E-state index contributed by atoms with van der Waals surface area (Å²) in [5.74, 6) is 0.191. The van der Waals surface area contributed by atoms with E-state index in [1.54, 1.807) is 24.3 Å². The lowest BCUT2D eigenvalue weighted by Crippen LogP contribution is -2.13. The molecule has 0 aromatic heterocycles. The van der Waals surface area contributed by atoms with Crippen molar-refractivity contribution in [1.29, 1.82) is 0 Å². The number of hydrogen-bond donors (Lipinski definition) is 2. The van der Waals surface area contributed by atoms with E-state index in [1.165, 1.54) is 13.2 Å². The van der Waals surface area contributed by atoms with E-state index in [0.29, 0.717) is 22.0 Å². The van der Waals surface area contributed by atoms with Crippen LogP contribution in [0, 0.1) is 0 Å². The third-order valence-corrected chi connectivity index (χ3v) is 3.74. The van der Waals surface area contributed by atoms with Crippen molar-refractivity contribution in [3.05, 3.63) is 65.2 Å². The number of phenols is 1. The predicted molar refractivity (Wildman–Crippen MR) is 91.6 cm³/mol. The van der Waals surface area contributed by atoms with Crippen molar-refractivity contribution in [3.63, 3.8) is 0 Å². The lowest BCUT2D eigenvalue weighted by Gasteiger charge is -2.12. The van der Waals surface area contributed by atoms with Crippen molar-refractivity contribution in [2.75, 3.05) is 12.4 Å². The van der Waals surface area contributed by atoms with Gasteiger partial charge in [-0.15, -0.1) is 0 Å². The van der Waals surface area contributed by atoms with Crippen LogP contribution in [-0.4, -0.2) is 18.1 Å². The van der Waals surface area contributed by atoms with Gasteiger partial charge in [0.2, 0.25) is 0 Å². The zero-order valence-electron chi connectivity index (χ0n) is 12.3. The van der Waals surface area contributed by atoms with Crippen LogP contribution in [0.25, 0.3) is 10.8 Å². The molecule has 0 spiro atoms. The predicted octanol–water partition coefficient (Wildman–Crippen LogP) is 4.46. The number of carbonyl (C=O) groups excluding carboxylic acids is 1. The standard InChI is InChI=1S/C18H14ClNO3/c1-23-17-7-6-12(19)9-16(17)20-18(22)15-10-13(21)8-11-4-2-3-5-14(11)15/h2-10,21H,1H3,(H,20,22). The molecule has 3 aromatic carbocycles. The molecule has 0 saturated carbocycles. The van der Waals surface area contributed by atoms with Crippen molar-refractivity contribution >= 4 is 34.0 Å². The van der Waals surface area contributed by atoms with Crippen molar-refractivity contribution in [1.82, 2.24) is 0 Å². The molecule has 0 aliphatic carbocycles. The summed E-state index contributed by atoms with van der Waals surface area (Å²) in [5, 5.41) is 14.7. The number of aromatic hydroxyl groups is 1. The van der Waals surface area contributed by atoms with Crippen LogP contribution < -0.4 is 10.1 Å². The van der Waals surface area contributed by atoms with Crippen LogP contribution in [0.1, 0.15) is 10.4 Å². The summed E-state index contributed by atoms with van der Waals surface area (Å²) in [6.45, 7) is 0. The Labute approximate surface area is 138 Å². The highest BCUT2D eigenvalue weighted by Gasteiger charge is 2.14. The average molecular weight is 328 g/mol. The first-order valence-electron chi connectivity index (χ1n) is 6.95. The van der Waals surface area contributed by atoms with Crippen LogP contribution in [0.15, 0.2) is 54.6 Å². The molecule has 1 amide bonds. The number of halogens is 1. The summed E-state index contributed by atoms with van der Waals surface area (Å²) < 4.78 is 5.23. The van der Waals surface area contributed by atoms with Gasteiger partial charge in [-0.25, -0.2) is 0 Å². The van der Waals surface area contributed by atoms with Gasteiger partial charge >= 0.3 is 0 Å². The fraction of sp³-hybridized carbons (Fsp3) is 0.0556. The molecule has 5 heteroatoms. The fourth-order valence-corrected chi connectivity index (χ4v) is 2.62. The number of hydrogen-bond acceptors (Lipinski definition) is 3. The molecule has 0 bridgehead atoms. The number of fused-ring (bicyclic) bond motifs is 1. The minimum absolute atomic E-state index is 0.0342. The van der Waals surface area contributed by atoms with Crippen LogP contribution in [0.5, 0.6) is 11.5 Å². The number of rotatable bonds is 3. The molecule has 23 heavy (non-hydrogen) atoms. The van der Waals surface area contributed by atoms with E-state index in [-0.39, 0.29) is 11.7 Å². The van der Waals surface area contributed by atoms with Crippen LogP contribution in [0.3, 0.4) is 0 Å². The minimum atomic E-state index is -0.349. The Morgan fingerprint density at radius 3 is 2.70 bits per heavy atom. The maximum atomic E-state index is 12.6. The van der Waals surface area contributed by atoms with E-state index in [1.807, 2.05) is 24.3 Å². The lowest BCUT2D eigenvalue weighted by atomic mass is 10.0. The van der Waals surface area contributed by atoms with Crippen LogP contribution >= 0.6 is 11.6 Å². The number of nitrogens with one attached hydrogen (secondary N) is 1. The quantitative estimate of drug-likeness (QED) is 0.746. The highest BCUT2D eigenvalue weighted by molar-refractivity contribution is 6.31. The van der Waals surface area contributed by atoms with E-state index in [9.17, 15) is 9.90 Å². The highest BCUT2D eigenvalue weighted by Crippen LogP contribution is 2.30. The van der Waals surface area contributed by atoms with Gasteiger partial charge in [-0.2, -0.15) is 0 Å². The summed E-state index contributed by atoms with van der Waals surface area (Å²) >= 11 is 5.98. The van der Waals surface area contributed by atoms with Gasteiger partial charge in [0, 0.05) is 5.02 Å². The Morgan fingerprint density at radius 1 is 1.13 bits per heavy atom. The Balaban J connectivity index is 2.03. The lowest BCUT2D eigenvalue weighted by molar-refractivity contribution is 0.102. The van der Waals surface area contributed by atoms with Crippen LogP contribution in [0.4, 0.5) is 5.69 Å². The SMILES string of the molecule is COc1ccc(Cl)cc1NC(=O)c1cc(O)cc2ccccc12. The second-order valence-corrected chi connectivity index (χ2v) is 5.45.